The minimum absolute atomic E-state index is 0.208. The molecule has 0 bridgehead atoms. The Morgan fingerprint density at radius 2 is 2.26 bits per heavy atom. The lowest BCUT2D eigenvalue weighted by Gasteiger charge is -2.13. The largest absolute Gasteiger partial charge is 0.376 e. The number of hydrogen-bond acceptors (Lipinski definition) is 5. The Hall–Kier alpha value is -1.62. The number of aryl methyl sites for hydroxylation is 1. The van der Waals surface area contributed by atoms with Gasteiger partial charge in [-0.15, -0.1) is 11.3 Å². The molecule has 0 aliphatic heterocycles. The van der Waals surface area contributed by atoms with Crippen molar-refractivity contribution in [3.63, 3.8) is 0 Å². The van der Waals surface area contributed by atoms with E-state index in [-0.39, 0.29) is 6.04 Å². The van der Waals surface area contributed by atoms with Gasteiger partial charge in [0.15, 0.2) is 0 Å². The van der Waals surface area contributed by atoms with Gasteiger partial charge in [-0.25, -0.2) is 9.97 Å². The minimum Gasteiger partial charge on any atom is -0.376 e. The molecule has 0 aliphatic carbocycles. The molecule has 0 saturated heterocycles. The molecule has 0 saturated carbocycles. The zero-order chi connectivity index (χ0) is 13.7. The van der Waals surface area contributed by atoms with E-state index >= 15 is 0 Å². The zero-order valence-electron chi connectivity index (χ0n) is 11.6. The van der Waals surface area contributed by atoms with Crippen LogP contribution in [0.4, 0.5) is 11.5 Å². The van der Waals surface area contributed by atoms with Crippen LogP contribution in [0.25, 0.3) is 0 Å². The number of nitrogens with one attached hydrogen (secondary N) is 2. The number of nitrogens with zero attached hydrogens (tertiary/aromatic N) is 2. The van der Waals surface area contributed by atoms with E-state index in [1.54, 1.807) is 11.3 Å². The van der Waals surface area contributed by atoms with Gasteiger partial charge in [0.1, 0.15) is 10.8 Å². The Balaban J connectivity index is 2.02. The van der Waals surface area contributed by atoms with Gasteiger partial charge in [-0.2, -0.15) is 0 Å². The Kier molecular flexibility index (Phi) is 4.74. The van der Waals surface area contributed by atoms with Gasteiger partial charge in [-0.05, 0) is 26.3 Å². The van der Waals surface area contributed by atoms with Crippen molar-refractivity contribution in [2.45, 2.75) is 33.2 Å². The number of aromatic nitrogens is 2. The standard InChI is InChI=1S/C14H20N4S/c1-4-6-15-13-8-12(5-7-16-13)18-11(3)14-17-10(2)9-19-14/h5,7-9,11H,4,6H2,1-3H3,(H2,15,16,18). The first-order valence-electron chi connectivity index (χ1n) is 6.57. The average molecular weight is 276 g/mol. The van der Waals surface area contributed by atoms with Crippen LogP contribution in [-0.2, 0) is 0 Å². The van der Waals surface area contributed by atoms with Crippen LogP contribution in [0.5, 0.6) is 0 Å². The van der Waals surface area contributed by atoms with E-state index in [4.69, 9.17) is 0 Å². The lowest BCUT2D eigenvalue weighted by Crippen LogP contribution is -2.07. The van der Waals surface area contributed by atoms with Gasteiger partial charge in [0.2, 0.25) is 0 Å². The zero-order valence-corrected chi connectivity index (χ0v) is 12.4. The second kappa shape index (κ2) is 6.52. The molecule has 4 nitrogen and oxygen atoms in total. The van der Waals surface area contributed by atoms with Gasteiger partial charge in [-0.3, -0.25) is 0 Å². The third kappa shape index (κ3) is 3.92. The van der Waals surface area contributed by atoms with Crippen LogP contribution in [0.3, 0.4) is 0 Å². The summed E-state index contributed by atoms with van der Waals surface area (Å²) in [5, 5.41) is 9.93. The fraction of sp³-hybridized carbons (Fsp3) is 0.429. The van der Waals surface area contributed by atoms with Gasteiger partial charge in [0.25, 0.3) is 0 Å². The predicted octanol–water partition coefficient (Wildman–Crippen LogP) is 3.84. The topological polar surface area (TPSA) is 49.8 Å². The van der Waals surface area contributed by atoms with E-state index in [9.17, 15) is 0 Å². The van der Waals surface area contributed by atoms with Crippen molar-refractivity contribution in [1.82, 2.24) is 9.97 Å². The van der Waals surface area contributed by atoms with Crippen molar-refractivity contribution >= 4 is 22.8 Å². The van der Waals surface area contributed by atoms with Crippen LogP contribution in [-0.4, -0.2) is 16.5 Å². The van der Waals surface area contributed by atoms with Crippen LogP contribution < -0.4 is 10.6 Å². The van der Waals surface area contributed by atoms with Crippen LogP contribution in [0, 0.1) is 6.92 Å². The molecule has 2 rings (SSSR count). The lowest BCUT2D eigenvalue weighted by molar-refractivity contribution is 0.863. The highest BCUT2D eigenvalue weighted by Crippen LogP contribution is 2.23. The summed E-state index contributed by atoms with van der Waals surface area (Å²) in [6, 6.07) is 4.22. The normalized spacial score (nSPS) is 12.2. The second-order valence-corrected chi connectivity index (χ2v) is 5.44. The Labute approximate surface area is 118 Å². The van der Waals surface area contributed by atoms with E-state index < -0.39 is 0 Å². The molecule has 0 fully saturated rings. The number of anilines is 2. The molecule has 2 aromatic rings. The monoisotopic (exact) mass is 276 g/mol. The van der Waals surface area contributed by atoms with Crippen molar-refractivity contribution < 1.29 is 0 Å². The van der Waals surface area contributed by atoms with Crippen LogP contribution in [0.2, 0.25) is 0 Å². The van der Waals surface area contributed by atoms with Gasteiger partial charge in [0.05, 0.1) is 6.04 Å². The average Bonchev–Trinajstić information content (AvgIpc) is 2.83. The van der Waals surface area contributed by atoms with Crippen LogP contribution in [0.15, 0.2) is 23.7 Å². The number of hydrogen-bond donors (Lipinski definition) is 2. The summed E-state index contributed by atoms with van der Waals surface area (Å²) in [6.07, 6.45) is 2.91. The molecule has 2 aromatic heterocycles. The highest BCUT2D eigenvalue weighted by molar-refractivity contribution is 7.09. The van der Waals surface area contributed by atoms with E-state index in [1.165, 1.54) is 0 Å². The Bertz CT molecular complexity index is 524. The van der Waals surface area contributed by atoms with Crippen LogP contribution >= 0.6 is 11.3 Å². The third-order valence-electron chi connectivity index (χ3n) is 2.71. The first kappa shape index (κ1) is 13.8. The van der Waals surface area contributed by atoms with Gasteiger partial charge in [0, 0.05) is 35.6 Å². The summed E-state index contributed by atoms with van der Waals surface area (Å²) >= 11 is 1.69. The van der Waals surface area contributed by atoms with E-state index in [2.05, 4.69) is 39.8 Å². The molecule has 1 unspecified atom stereocenters. The molecule has 2 N–H and O–H groups in total. The summed E-state index contributed by atoms with van der Waals surface area (Å²) < 4.78 is 0. The molecule has 5 heteroatoms. The summed E-state index contributed by atoms with van der Waals surface area (Å²) in [6.45, 7) is 7.23. The lowest BCUT2D eigenvalue weighted by atomic mass is 10.3. The summed E-state index contributed by atoms with van der Waals surface area (Å²) in [7, 11) is 0. The Morgan fingerprint density at radius 3 is 2.95 bits per heavy atom. The van der Waals surface area contributed by atoms with Crippen molar-refractivity contribution in [3.05, 3.63) is 34.4 Å². The van der Waals surface area contributed by atoms with E-state index in [0.29, 0.717) is 0 Å². The third-order valence-corrected chi connectivity index (χ3v) is 3.85. The maximum absolute atomic E-state index is 4.50. The highest BCUT2D eigenvalue weighted by atomic mass is 32.1. The summed E-state index contributed by atoms with van der Waals surface area (Å²) in [5.41, 5.74) is 2.14. The molecule has 19 heavy (non-hydrogen) atoms. The predicted molar refractivity (Wildman–Crippen MR) is 81.9 cm³/mol. The van der Waals surface area contributed by atoms with Gasteiger partial charge in [-0.1, -0.05) is 6.92 Å². The first-order chi connectivity index (χ1) is 9.19. The molecule has 0 amide bonds. The molecule has 1 atom stereocenters. The van der Waals surface area contributed by atoms with E-state index in [1.807, 2.05) is 25.3 Å². The summed E-state index contributed by atoms with van der Waals surface area (Å²) in [5.74, 6) is 0.911. The second-order valence-electron chi connectivity index (χ2n) is 4.55. The van der Waals surface area contributed by atoms with E-state index in [0.717, 1.165) is 35.2 Å². The molecule has 102 valence electrons. The van der Waals surface area contributed by atoms with Crippen molar-refractivity contribution in [2.75, 3.05) is 17.2 Å². The molecule has 0 aliphatic rings. The van der Waals surface area contributed by atoms with Gasteiger partial charge >= 0.3 is 0 Å². The molecule has 0 aromatic carbocycles. The molecule has 0 radical (unpaired) electrons. The minimum atomic E-state index is 0.208. The molecular formula is C14H20N4S. The van der Waals surface area contributed by atoms with Gasteiger partial charge < -0.3 is 10.6 Å². The van der Waals surface area contributed by atoms with Crippen molar-refractivity contribution in [1.29, 1.82) is 0 Å². The molecular weight excluding hydrogens is 256 g/mol. The fourth-order valence-electron chi connectivity index (χ4n) is 1.75. The molecule has 2 heterocycles. The number of thiazole rings is 1. The quantitative estimate of drug-likeness (QED) is 0.841. The number of pyridine rings is 1. The molecule has 0 spiro atoms. The maximum atomic E-state index is 4.50. The number of rotatable bonds is 6. The SMILES string of the molecule is CCCNc1cc(NC(C)c2nc(C)cs2)ccn1. The first-order valence-corrected chi connectivity index (χ1v) is 7.45. The highest BCUT2D eigenvalue weighted by Gasteiger charge is 2.09. The summed E-state index contributed by atoms with van der Waals surface area (Å²) in [4.78, 5) is 8.80. The fourth-order valence-corrected chi connectivity index (χ4v) is 2.56. The van der Waals surface area contributed by atoms with Crippen LogP contribution in [0.1, 0.15) is 37.0 Å². The van der Waals surface area contributed by atoms with Crippen molar-refractivity contribution in [3.8, 4) is 0 Å². The Morgan fingerprint density at radius 1 is 1.42 bits per heavy atom. The van der Waals surface area contributed by atoms with Crippen molar-refractivity contribution in [2.24, 2.45) is 0 Å². The maximum Gasteiger partial charge on any atom is 0.127 e. The smallest absolute Gasteiger partial charge is 0.127 e.